The highest BCUT2D eigenvalue weighted by Gasteiger charge is 2.34. The summed E-state index contributed by atoms with van der Waals surface area (Å²) in [4.78, 5) is 0. The zero-order chi connectivity index (χ0) is 15.3. The number of aromatic amines is 1. The van der Waals surface area contributed by atoms with Gasteiger partial charge < -0.3 is 15.2 Å². The van der Waals surface area contributed by atoms with E-state index in [0.29, 0.717) is 6.61 Å². The van der Waals surface area contributed by atoms with Gasteiger partial charge in [-0.1, -0.05) is 23.4 Å². The number of nitrogens with one attached hydrogen (secondary N) is 2. The number of benzene rings is 1. The Kier molecular flexibility index (Phi) is 4.65. The van der Waals surface area contributed by atoms with E-state index in [-0.39, 0.29) is 12.1 Å². The third-order valence-corrected chi connectivity index (χ3v) is 4.02. The average Bonchev–Trinajstić information content (AvgIpc) is 3.08. The summed E-state index contributed by atoms with van der Waals surface area (Å²) < 4.78 is 5.79. The van der Waals surface area contributed by atoms with Crippen molar-refractivity contribution in [2.75, 3.05) is 19.8 Å². The van der Waals surface area contributed by atoms with Crippen molar-refractivity contribution in [2.45, 2.75) is 31.2 Å². The van der Waals surface area contributed by atoms with Crippen LogP contribution < -0.4 is 10.1 Å². The first kappa shape index (κ1) is 14.9. The van der Waals surface area contributed by atoms with Gasteiger partial charge in [-0.15, -0.1) is 10.2 Å². The molecule has 1 aromatic carbocycles. The molecule has 0 saturated carbocycles. The third kappa shape index (κ3) is 3.42. The van der Waals surface area contributed by atoms with Crippen LogP contribution in [-0.2, 0) is 12.8 Å². The number of H-pyrrole nitrogens is 1. The number of aliphatic hydroxyl groups is 1. The Morgan fingerprint density at radius 3 is 3.05 bits per heavy atom. The van der Waals surface area contributed by atoms with Gasteiger partial charge in [0.25, 0.3) is 0 Å². The van der Waals surface area contributed by atoms with E-state index in [0.717, 1.165) is 49.4 Å². The van der Waals surface area contributed by atoms with Crippen LogP contribution in [0.15, 0.2) is 24.3 Å². The molecule has 0 radical (unpaired) electrons. The largest absolute Gasteiger partial charge is 0.491 e. The zero-order valence-electron chi connectivity index (χ0n) is 12.5. The lowest BCUT2D eigenvalue weighted by atomic mass is 9.89. The summed E-state index contributed by atoms with van der Waals surface area (Å²) in [6.45, 7) is 1.38. The van der Waals surface area contributed by atoms with Crippen molar-refractivity contribution in [2.24, 2.45) is 0 Å². The number of nitrogens with zero attached hydrogens (tertiary/aromatic N) is 3. The Morgan fingerprint density at radius 2 is 2.23 bits per heavy atom. The number of unbranched alkanes of at least 4 members (excludes halogenated alkanes) is 1. The van der Waals surface area contributed by atoms with E-state index in [1.165, 1.54) is 0 Å². The molecule has 7 nitrogen and oxygen atoms in total. The molecule has 1 aliphatic rings. The van der Waals surface area contributed by atoms with Gasteiger partial charge in [-0.25, -0.2) is 0 Å². The number of hydrogen-bond donors (Lipinski definition) is 3. The maximum atomic E-state index is 9.80. The molecule has 0 fully saturated rings. The molecule has 2 heterocycles. The molecule has 2 aromatic rings. The van der Waals surface area contributed by atoms with Crippen LogP contribution in [0, 0.1) is 0 Å². The smallest absolute Gasteiger partial charge is 0.174 e. The van der Waals surface area contributed by atoms with Gasteiger partial charge in [-0.3, -0.25) is 0 Å². The summed E-state index contributed by atoms with van der Waals surface area (Å²) in [5.41, 5.74) is 0.752. The molecule has 118 valence electrons. The molecule has 1 atom stereocenters. The highest BCUT2D eigenvalue weighted by molar-refractivity contribution is 5.37. The molecule has 0 spiro atoms. The first-order valence-corrected chi connectivity index (χ1v) is 7.60. The number of aromatic nitrogens is 4. The molecule has 0 saturated heterocycles. The fourth-order valence-corrected chi connectivity index (χ4v) is 2.74. The fourth-order valence-electron chi connectivity index (χ4n) is 2.74. The summed E-state index contributed by atoms with van der Waals surface area (Å²) in [6, 6.07) is 8.00. The average molecular weight is 303 g/mol. The van der Waals surface area contributed by atoms with Crippen molar-refractivity contribution in [3.8, 4) is 5.75 Å². The molecule has 0 amide bonds. The molecule has 3 rings (SSSR count). The SMILES string of the molecule is OCC1(NCCCCc2nn[nH]n2)COc2ccccc2C1. The van der Waals surface area contributed by atoms with E-state index in [9.17, 15) is 5.11 Å². The van der Waals surface area contributed by atoms with Crippen molar-refractivity contribution in [3.63, 3.8) is 0 Å². The maximum absolute atomic E-state index is 9.80. The quantitative estimate of drug-likeness (QED) is 0.644. The maximum Gasteiger partial charge on any atom is 0.174 e. The zero-order valence-corrected chi connectivity index (χ0v) is 12.5. The number of fused-ring (bicyclic) bond motifs is 1. The fraction of sp³-hybridized carbons (Fsp3) is 0.533. The van der Waals surface area contributed by atoms with E-state index in [1.54, 1.807) is 0 Å². The molecule has 3 N–H and O–H groups in total. The van der Waals surface area contributed by atoms with Crippen molar-refractivity contribution in [1.82, 2.24) is 25.9 Å². The summed E-state index contributed by atoms with van der Waals surface area (Å²) in [6.07, 6.45) is 3.55. The Balaban J connectivity index is 1.48. The summed E-state index contributed by atoms with van der Waals surface area (Å²) >= 11 is 0. The van der Waals surface area contributed by atoms with Gasteiger partial charge in [-0.05, 0) is 37.4 Å². The monoisotopic (exact) mass is 303 g/mol. The molecule has 22 heavy (non-hydrogen) atoms. The lowest BCUT2D eigenvalue weighted by Crippen LogP contribution is -2.56. The van der Waals surface area contributed by atoms with E-state index >= 15 is 0 Å². The molecule has 0 aliphatic carbocycles. The number of para-hydroxylation sites is 1. The van der Waals surface area contributed by atoms with Crippen molar-refractivity contribution in [1.29, 1.82) is 0 Å². The van der Waals surface area contributed by atoms with Gasteiger partial charge in [0, 0.05) is 6.42 Å². The van der Waals surface area contributed by atoms with E-state index < -0.39 is 0 Å². The van der Waals surface area contributed by atoms with Crippen molar-refractivity contribution < 1.29 is 9.84 Å². The first-order valence-electron chi connectivity index (χ1n) is 7.60. The van der Waals surface area contributed by atoms with Gasteiger partial charge >= 0.3 is 0 Å². The standard InChI is InChI=1S/C15H21N5O2/c21-10-15(9-12-5-1-2-6-13(12)22-11-15)16-8-4-3-7-14-17-19-20-18-14/h1-2,5-6,16,21H,3-4,7-11H2,(H,17,18,19,20). The lowest BCUT2D eigenvalue weighted by molar-refractivity contribution is 0.0873. The van der Waals surface area contributed by atoms with Crippen LogP contribution >= 0.6 is 0 Å². The van der Waals surface area contributed by atoms with Crippen LogP contribution in [0.5, 0.6) is 5.75 Å². The second-order valence-corrected chi connectivity index (χ2v) is 5.72. The Labute approximate surface area is 129 Å². The topological polar surface area (TPSA) is 96.0 Å². The minimum atomic E-state index is -0.388. The number of rotatable bonds is 7. The van der Waals surface area contributed by atoms with Gasteiger partial charge in [0.05, 0.1) is 12.1 Å². The van der Waals surface area contributed by atoms with Crippen molar-refractivity contribution >= 4 is 0 Å². The predicted molar refractivity (Wildman–Crippen MR) is 80.6 cm³/mol. The number of tetrazole rings is 1. The van der Waals surface area contributed by atoms with Crippen LogP contribution in [0.2, 0.25) is 0 Å². The molecule has 0 bridgehead atoms. The Hall–Kier alpha value is -1.99. The number of aliphatic hydroxyl groups excluding tert-OH is 1. The molecule has 1 aliphatic heterocycles. The summed E-state index contributed by atoms with van der Waals surface area (Å²) in [7, 11) is 0. The predicted octanol–water partition coefficient (Wildman–Crippen LogP) is 0.478. The Bertz CT molecular complexity index is 589. The van der Waals surface area contributed by atoms with Crippen molar-refractivity contribution in [3.05, 3.63) is 35.7 Å². The highest BCUT2D eigenvalue weighted by Crippen LogP contribution is 2.29. The van der Waals surface area contributed by atoms with Gasteiger partial charge in [0.1, 0.15) is 12.4 Å². The number of hydrogen-bond acceptors (Lipinski definition) is 6. The molecular weight excluding hydrogens is 282 g/mol. The second-order valence-electron chi connectivity index (χ2n) is 5.72. The third-order valence-electron chi connectivity index (χ3n) is 4.02. The minimum Gasteiger partial charge on any atom is -0.491 e. The molecule has 7 heteroatoms. The highest BCUT2D eigenvalue weighted by atomic mass is 16.5. The van der Waals surface area contributed by atoms with Crippen LogP contribution in [0.4, 0.5) is 0 Å². The van der Waals surface area contributed by atoms with Crippen LogP contribution in [0.1, 0.15) is 24.2 Å². The lowest BCUT2D eigenvalue weighted by Gasteiger charge is -2.37. The molecule has 1 aromatic heterocycles. The van der Waals surface area contributed by atoms with E-state index in [2.05, 4.69) is 32.0 Å². The van der Waals surface area contributed by atoms with Gasteiger partial charge in [0.15, 0.2) is 5.82 Å². The minimum absolute atomic E-state index is 0.0617. The van der Waals surface area contributed by atoms with E-state index in [1.807, 2.05) is 18.2 Å². The first-order chi connectivity index (χ1) is 10.8. The number of aryl methyl sites for hydroxylation is 1. The second kappa shape index (κ2) is 6.85. The summed E-state index contributed by atoms with van der Waals surface area (Å²) in [5.74, 6) is 1.66. The van der Waals surface area contributed by atoms with E-state index in [4.69, 9.17) is 4.74 Å². The normalized spacial score (nSPS) is 20.4. The molecule has 1 unspecified atom stereocenters. The number of ether oxygens (including phenoxy) is 1. The van der Waals surface area contributed by atoms with Gasteiger partial charge in [0.2, 0.25) is 0 Å². The van der Waals surface area contributed by atoms with Crippen LogP contribution in [0.3, 0.4) is 0 Å². The summed E-state index contributed by atoms with van der Waals surface area (Å²) in [5, 5.41) is 27.1. The Morgan fingerprint density at radius 1 is 1.32 bits per heavy atom. The van der Waals surface area contributed by atoms with Gasteiger partial charge in [-0.2, -0.15) is 5.21 Å². The van der Waals surface area contributed by atoms with Crippen LogP contribution in [-0.4, -0.2) is 51.0 Å². The molecular formula is C15H21N5O2. The van der Waals surface area contributed by atoms with Crippen LogP contribution in [0.25, 0.3) is 0 Å².